The van der Waals surface area contributed by atoms with Crippen LogP contribution in [0.15, 0.2) is 54.1 Å². The number of carbonyl (C=O) groups excluding carboxylic acids is 2. The van der Waals surface area contributed by atoms with E-state index in [0.717, 1.165) is 24.1 Å². The smallest absolute Gasteiger partial charge is 0.333 e. The van der Waals surface area contributed by atoms with Crippen LogP contribution in [-0.4, -0.2) is 37.1 Å². The zero-order valence-corrected chi connectivity index (χ0v) is 18.7. The number of rotatable bonds is 5. The van der Waals surface area contributed by atoms with E-state index < -0.39 is 4.92 Å². The molecule has 1 atom stereocenters. The standard InChI is InChI=1S/C25H26N2O6/c1-3-33-24(29)19-10-11-25(16-19)12-13-26(20-7-5-4-6-18(20)15-25)23(28)17-8-9-21(27(30)31)22(14-17)32-2/h4-9,14,16H,3,10-13,15H2,1-2H3/t25-/m0/s1. The van der Waals surface area contributed by atoms with Crippen LogP contribution < -0.4 is 9.64 Å². The molecule has 2 aromatic rings. The number of amides is 1. The van der Waals surface area contributed by atoms with Crippen molar-refractivity contribution in [3.8, 4) is 5.75 Å². The van der Waals surface area contributed by atoms with E-state index in [4.69, 9.17) is 9.47 Å². The van der Waals surface area contributed by atoms with E-state index in [1.54, 1.807) is 11.8 Å². The number of carbonyl (C=O) groups is 2. The minimum absolute atomic E-state index is 0.0447. The minimum atomic E-state index is -0.536. The first kappa shape index (κ1) is 22.5. The van der Waals surface area contributed by atoms with E-state index in [1.165, 1.54) is 25.3 Å². The highest BCUT2D eigenvalue weighted by Crippen LogP contribution is 2.46. The number of nitro groups is 1. The second-order valence-corrected chi connectivity index (χ2v) is 8.41. The van der Waals surface area contributed by atoms with Crippen LogP contribution in [0.25, 0.3) is 0 Å². The maximum Gasteiger partial charge on any atom is 0.333 e. The van der Waals surface area contributed by atoms with Crippen molar-refractivity contribution in [1.29, 1.82) is 0 Å². The van der Waals surface area contributed by atoms with Crippen molar-refractivity contribution in [2.45, 2.75) is 32.6 Å². The van der Waals surface area contributed by atoms with Gasteiger partial charge in [-0.2, -0.15) is 0 Å². The van der Waals surface area contributed by atoms with Crippen LogP contribution in [0.2, 0.25) is 0 Å². The number of nitro benzene ring substituents is 1. The number of methoxy groups -OCH3 is 1. The molecule has 0 bridgehead atoms. The van der Waals surface area contributed by atoms with Crippen molar-refractivity contribution >= 4 is 23.3 Å². The number of para-hydroxylation sites is 1. The summed E-state index contributed by atoms with van der Waals surface area (Å²) < 4.78 is 10.3. The van der Waals surface area contributed by atoms with E-state index in [-0.39, 0.29) is 28.7 Å². The van der Waals surface area contributed by atoms with Crippen molar-refractivity contribution < 1.29 is 24.0 Å². The first-order valence-corrected chi connectivity index (χ1v) is 11.0. The Kier molecular flexibility index (Phi) is 6.18. The van der Waals surface area contributed by atoms with Gasteiger partial charge in [0.05, 0.1) is 18.6 Å². The van der Waals surface area contributed by atoms with Gasteiger partial charge >= 0.3 is 11.7 Å². The minimum Gasteiger partial charge on any atom is -0.490 e. The first-order chi connectivity index (χ1) is 15.9. The van der Waals surface area contributed by atoms with Crippen molar-refractivity contribution in [3.05, 3.63) is 75.4 Å². The van der Waals surface area contributed by atoms with Crippen LogP contribution in [0.1, 0.15) is 42.1 Å². The van der Waals surface area contributed by atoms with Gasteiger partial charge < -0.3 is 14.4 Å². The van der Waals surface area contributed by atoms with Gasteiger partial charge in [0.15, 0.2) is 5.75 Å². The second-order valence-electron chi connectivity index (χ2n) is 8.41. The fraction of sp³-hybridized carbons (Fsp3) is 0.360. The monoisotopic (exact) mass is 450 g/mol. The Labute approximate surface area is 191 Å². The van der Waals surface area contributed by atoms with E-state index in [1.807, 2.05) is 30.3 Å². The van der Waals surface area contributed by atoms with Gasteiger partial charge in [-0.1, -0.05) is 24.3 Å². The second kappa shape index (κ2) is 9.05. The van der Waals surface area contributed by atoms with Gasteiger partial charge in [-0.05, 0) is 55.7 Å². The largest absolute Gasteiger partial charge is 0.490 e. The molecule has 1 amide bonds. The number of hydrogen-bond acceptors (Lipinski definition) is 6. The zero-order valence-electron chi connectivity index (χ0n) is 18.7. The lowest BCUT2D eigenvalue weighted by Gasteiger charge is -2.26. The third-order valence-corrected chi connectivity index (χ3v) is 6.44. The molecule has 0 radical (unpaired) electrons. The summed E-state index contributed by atoms with van der Waals surface area (Å²) in [5, 5.41) is 11.2. The molecular weight excluding hydrogens is 424 g/mol. The maximum absolute atomic E-state index is 13.5. The third-order valence-electron chi connectivity index (χ3n) is 6.44. The molecule has 172 valence electrons. The molecule has 0 aromatic heterocycles. The normalized spacial score (nSPS) is 19.5. The summed E-state index contributed by atoms with van der Waals surface area (Å²) in [5.41, 5.74) is 2.45. The van der Waals surface area contributed by atoms with E-state index in [0.29, 0.717) is 37.1 Å². The van der Waals surface area contributed by atoms with Crippen LogP contribution in [0.5, 0.6) is 5.75 Å². The Morgan fingerprint density at radius 3 is 2.70 bits per heavy atom. The molecule has 1 aliphatic carbocycles. The number of ether oxygens (including phenoxy) is 2. The van der Waals surface area contributed by atoms with Gasteiger partial charge in [0.25, 0.3) is 5.91 Å². The molecule has 0 unspecified atom stereocenters. The maximum atomic E-state index is 13.5. The molecule has 1 heterocycles. The number of esters is 1. The van der Waals surface area contributed by atoms with Gasteiger partial charge in [0.2, 0.25) is 0 Å². The predicted molar refractivity (Wildman–Crippen MR) is 122 cm³/mol. The Balaban J connectivity index is 1.67. The lowest BCUT2D eigenvalue weighted by Crippen LogP contribution is -2.33. The number of allylic oxidation sites excluding steroid dienone is 1. The first-order valence-electron chi connectivity index (χ1n) is 11.0. The summed E-state index contributed by atoms with van der Waals surface area (Å²) in [6.07, 6.45) is 4.95. The predicted octanol–water partition coefficient (Wildman–Crippen LogP) is 4.47. The lowest BCUT2D eigenvalue weighted by molar-refractivity contribution is -0.385. The molecule has 2 aromatic carbocycles. The summed E-state index contributed by atoms with van der Waals surface area (Å²) in [5.74, 6) is -0.471. The molecule has 8 heteroatoms. The molecule has 0 fully saturated rings. The van der Waals surface area contributed by atoms with Crippen LogP contribution in [-0.2, 0) is 16.0 Å². The molecular formula is C25H26N2O6. The van der Waals surface area contributed by atoms with E-state index in [2.05, 4.69) is 0 Å². The highest BCUT2D eigenvalue weighted by molar-refractivity contribution is 6.07. The molecule has 2 aliphatic rings. The third kappa shape index (κ3) is 4.33. The number of fused-ring (bicyclic) bond motifs is 1. The van der Waals surface area contributed by atoms with Crippen LogP contribution in [0.4, 0.5) is 11.4 Å². The quantitative estimate of drug-likeness (QED) is 0.379. The molecule has 1 aliphatic heterocycles. The molecule has 0 saturated heterocycles. The van der Waals surface area contributed by atoms with E-state index in [9.17, 15) is 19.7 Å². The SMILES string of the molecule is CCOC(=O)C1=C[C@@]2(CC1)CCN(C(=O)c1ccc([N+](=O)[O-])c(OC)c1)c1ccccc1C2. The molecule has 4 rings (SSSR count). The zero-order chi connectivity index (χ0) is 23.6. The van der Waals surface area contributed by atoms with Crippen LogP contribution >= 0.6 is 0 Å². The number of nitrogens with zero attached hydrogens (tertiary/aromatic N) is 2. The van der Waals surface area contributed by atoms with Gasteiger partial charge in [0, 0.05) is 35.5 Å². The van der Waals surface area contributed by atoms with Gasteiger partial charge in [-0.3, -0.25) is 14.9 Å². The molecule has 0 saturated carbocycles. The molecule has 0 N–H and O–H groups in total. The summed E-state index contributed by atoms with van der Waals surface area (Å²) in [7, 11) is 1.34. The Morgan fingerprint density at radius 2 is 1.97 bits per heavy atom. The van der Waals surface area contributed by atoms with Crippen molar-refractivity contribution in [2.75, 3.05) is 25.2 Å². The fourth-order valence-corrected chi connectivity index (χ4v) is 4.79. The molecule has 33 heavy (non-hydrogen) atoms. The lowest BCUT2D eigenvalue weighted by atomic mass is 9.79. The van der Waals surface area contributed by atoms with Gasteiger partial charge in [0.1, 0.15) is 0 Å². The summed E-state index contributed by atoms with van der Waals surface area (Å²) in [4.78, 5) is 38.2. The summed E-state index contributed by atoms with van der Waals surface area (Å²) in [6.45, 7) is 2.59. The summed E-state index contributed by atoms with van der Waals surface area (Å²) in [6, 6.07) is 11.9. The molecule has 1 spiro atoms. The fourth-order valence-electron chi connectivity index (χ4n) is 4.79. The Morgan fingerprint density at radius 1 is 1.18 bits per heavy atom. The molecule has 8 nitrogen and oxygen atoms in total. The van der Waals surface area contributed by atoms with Crippen molar-refractivity contribution in [1.82, 2.24) is 0 Å². The van der Waals surface area contributed by atoms with Crippen LogP contribution in [0, 0.1) is 15.5 Å². The highest BCUT2D eigenvalue weighted by atomic mass is 16.6. The number of anilines is 1. The van der Waals surface area contributed by atoms with Gasteiger partial charge in [-0.25, -0.2) is 4.79 Å². The van der Waals surface area contributed by atoms with Crippen LogP contribution in [0.3, 0.4) is 0 Å². The van der Waals surface area contributed by atoms with Crippen molar-refractivity contribution in [2.24, 2.45) is 5.41 Å². The average Bonchev–Trinajstić information content (AvgIpc) is 3.15. The highest BCUT2D eigenvalue weighted by Gasteiger charge is 2.39. The Hall–Kier alpha value is -3.68. The average molecular weight is 450 g/mol. The number of hydrogen-bond donors (Lipinski definition) is 0. The topological polar surface area (TPSA) is 99.0 Å². The Bertz CT molecular complexity index is 1140. The number of benzene rings is 2. The van der Waals surface area contributed by atoms with E-state index >= 15 is 0 Å². The summed E-state index contributed by atoms with van der Waals surface area (Å²) >= 11 is 0. The van der Waals surface area contributed by atoms with Crippen molar-refractivity contribution in [3.63, 3.8) is 0 Å². The van der Waals surface area contributed by atoms with Gasteiger partial charge in [-0.15, -0.1) is 0 Å².